The highest BCUT2D eigenvalue weighted by atomic mass is 16.5. The zero-order valence-electron chi connectivity index (χ0n) is 7.45. The molecule has 1 aromatic rings. The second-order valence-corrected chi connectivity index (χ2v) is 2.50. The normalized spacial score (nSPS) is 9.31. The number of nitrogens with zero attached hydrogens (tertiary/aromatic N) is 1. The zero-order valence-corrected chi connectivity index (χ0v) is 7.45. The van der Waals surface area contributed by atoms with Gasteiger partial charge in [-0.05, 0) is 13.0 Å². The van der Waals surface area contributed by atoms with Gasteiger partial charge in [0.1, 0.15) is 11.8 Å². The van der Waals surface area contributed by atoms with E-state index in [4.69, 9.17) is 15.1 Å². The maximum atomic E-state index is 8.98. The molecular weight excluding hydrogens is 166 g/mol. The fourth-order valence-corrected chi connectivity index (χ4v) is 1.11. The van der Waals surface area contributed by atoms with Crippen LogP contribution in [0.25, 0.3) is 0 Å². The van der Waals surface area contributed by atoms with Gasteiger partial charge in [-0.25, -0.2) is 0 Å². The van der Waals surface area contributed by atoms with Crippen molar-refractivity contribution in [1.29, 1.82) is 5.26 Å². The Bertz CT molecular complexity index is 328. The van der Waals surface area contributed by atoms with Crippen molar-refractivity contribution >= 4 is 0 Å². The van der Waals surface area contributed by atoms with Crippen LogP contribution in [0, 0.1) is 11.3 Å². The van der Waals surface area contributed by atoms with E-state index in [9.17, 15) is 0 Å². The van der Waals surface area contributed by atoms with E-state index in [1.165, 1.54) is 0 Å². The van der Waals surface area contributed by atoms with Crippen LogP contribution in [-0.2, 0) is 6.61 Å². The van der Waals surface area contributed by atoms with Crippen LogP contribution in [0.2, 0.25) is 0 Å². The minimum Gasteiger partial charge on any atom is -0.492 e. The summed E-state index contributed by atoms with van der Waals surface area (Å²) in [6.07, 6.45) is 0. The molecule has 0 aliphatic rings. The monoisotopic (exact) mass is 177 g/mol. The van der Waals surface area contributed by atoms with E-state index in [1.54, 1.807) is 18.2 Å². The summed E-state index contributed by atoms with van der Waals surface area (Å²) in [6.45, 7) is 2.23. The fourth-order valence-electron chi connectivity index (χ4n) is 1.11. The van der Waals surface area contributed by atoms with Gasteiger partial charge in [0.15, 0.2) is 0 Å². The largest absolute Gasteiger partial charge is 0.492 e. The van der Waals surface area contributed by atoms with Crippen molar-refractivity contribution < 1.29 is 9.84 Å². The van der Waals surface area contributed by atoms with Gasteiger partial charge in [-0.15, -0.1) is 0 Å². The molecule has 3 heteroatoms. The zero-order chi connectivity index (χ0) is 9.68. The van der Waals surface area contributed by atoms with E-state index in [1.807, 2.05) is 13.0 Å². The molecule has 0 atom stereocenters. The van der Waals surface area contributed by atoms with Gasteiger partial charge in [0.05, 0.1) is 18.8 Å². The minimum atomic E-state index is -0.106. The first kappa shape index (κ1) is 9.56. The SMILES string of the molecule is CCOc1c(C#N)cccc1CO. The van der Waals surface area contributed by atoms with Crippen LogP contribution in [0.4, 0.5) is 0 Å². The van der Waals surface area contributed by atoms with Crippen LogP contribution >= 0.6 is 0 Å². The van der Waals surface area contributed by atoms with Crippen LogP contribution < -0.4 is 4.74 Å². The summed E-state index contributed by atoms with van der Waals surface area (Å²) in [5, 5.41) is 17.7. The van der Waals surface area contributed by atoms with Crippen molar-refractivity contribution in [2.75, 3.05) is 6.61 Å². The predicted octanol–water partition coefficient (Wildman–Crippen LogP) is 1.45. The molecule has 13 heavy (non-hydrogen) atoms. The van der Waals surface area contributed by atoms with Gasteiger partial charge in [0.25, 0.3) is 0 Å². The number of nitriles is 1. The Morgan fingerprint density at radius 2 is 2.31 bits per heavy atom. The number of ether oxygens (including phenoxy) is 1. The Morgan fingerprint density at radius 3 is 2.85 bits per heavy atom. The second-order valence-electron chi connectivity index (χ2n) is 2.50. The molecule has 0 aliphatic carbocycles. The molecule has 0 unspecified atom stereocenters. The number of aliphatic hydroxyl groups excluding tert-OH is 1. The summed E-state index contributed by atoms with van der Waals surface area (Å²) < 4.78 is 5.27. The number of aliphatic hydroxyl groups is 1. The summed E-state index contributed by atoms with van der Waals surface area (Å²) in [4.78, 5) is 0. The Morgan fingerprint density at radius 1 is 1.54 bits per heavy atom. The summed E-state index contributed by atoms with van der Waals surface area (Å²) in [5.41, 5.74) is 1.12. The lowest BCUT2D eigenvalue weighted by molar-refractivity contribution is 0.267. The fraction of sp³-hybridized carbons (Fsp3) is 0.300. The van der Waals surface area contributed by atoms with Gasteiger partial charge in [-0.1, -0.05) is 12.1 Å². The van der Waals surface area contributed by atoms with E-state index in [2.05, 4.69) is 0 Å². The highest BCUT2D eigenvalue weighted by Gasteiger charge is 2.07. The molecule has 1 rings (SSSR count). The van der Waals surface area contributed by atoms with E-state index in [0.29, 0.717) is 23.5 Å². The Labute approximate surface area is 77.2 Å². The molecule has 0 bridgehead atoms. The topological polar surface area (TPSA) is 53.2 Å². The standard InChI is InChI=1S/C10H11NO2/c1-2-13-10-8(6-11)4-3-5-9(10)7-12/h3-5,12H,2,7H2,1H3. The molecule has 0 saturated heterocycles. The Kier molecular flexibility index (Phi) is 3.30. The molecule has 0 saturated carbocycles. The molecule has 3 nitrogen and oxygen atoms in total. The van der Waals surface area contributed by atoms with Crippen molar-refractivity contribution in [3.63, 3.8) is 0 Å². The van der Waals surface area contributed by atoms with Crippen molar-refractivity contribution in [2.45, 2.75) is 13.5 Å². The highest BCUT2D eigenvalue weighted by molar-refractivity contribution is 5.48. The first-order chi connectivity index (χ1) is 6.33. The molecule has 0 heterocycles. The Balaban J connectivity index is 3.15. The average molecular weight is 177 g/mol. The van der Waals surface area contributed by atoms with Crippen molar-refractivity contribution in [2.24, 2.45) is 0 Å². The van der Waals surface area contributed by atoms with Gasteiger partial charge in [-0.2, -0.15) is 5.26 Å². The number of benzene rings is 1. The third-order valence-electron chi connectivity index (χ3n) is 1.68. The van der Waals surface area contributed by atoms with Gasteiger partial charge in [0.2, 0.25) is 0 Å². The predicted molar refractivity (Wildman–Crippen MR) is 48.2 cm³/mol. The summed E-state index contributed by atoms with van der Waals surface area (Å²) in [7, 11) is 0. The van der Waals surface area contributed by atoms with Gasteiger partial charge in [-0.3, -0.25) is 0 Å². The Hall–Kier alpha value is -1.53. The maximum Gasteiger partial charge on any atom is 0.142 e. The quantitative estimate of drug-likeness (QED) is 0.760. The molecule has 0 spiro atoms. The van der Waals surface area contributed by atoms with Crippen LogP contribution in [0.1, 0.15) is 18.1 Å². The van der Waals surface area contributed by atoms with Crippen LogP contribution in [0.3, 0.4) is 0 Å². The minimum absolute atomic E-state index is 0.106. The first-order valence-electron chi connectivity index (χ1n) is 4.09. The molecule has 1 N–H and O–H groups in total. The van der Waals surface area contributed by atoms with Crippen molar-refractivity contribution in [3.8, 4) is 11.8 Å². The molecule has 68 valence electrons. The van der Waals surface area contributed by atoms with Gasteiger partial charge >= 0.3 is 0 Å². The third kappa shape index (κ3) is 1.98. The first-order valence-corrected chi connectivity index (χ1v) is 4.09. The lowest BCUT2D eigenvalue weighted by Crippen LogP contribution is -1.99. The molecular formula is C10H11NO2. The number of hydrogen-bond acceptors (Lipinski definition) is 3. The molecule has 0 fully saturated rings. The molecule has 0 radical (unpaired) electrons. The molecule has 1 aromatic carbocycles. The van der Waals surface area contributed by atoms with Crippen molar-refractivity contribution in [1.82, 2.24) is 0 Å². The van der Waals surface area contributed by atoms with Crippen LogP contribution in [0.5, 0.6) is 5.75 Å². The summed E-state index contributed by atoms with van der Waals surface area (Å²) in [5.74, 6) is 0.495. The average Bonchev–Trinajstić information content (AvgIpc) is 2.18. The van der Waals surface area contributed by atoms with Gasteiger partial charge < -0.3 is 9.84 Å². The van der Waals surface area contributed by atoms with E-state index >= 15 is 0 Å². The van der Waals surface area contributed by atoms with E-state index < -0.39 is 0 Å². The molecule has 0 aliphatic heterocycles. The number of para-hydroxylation sites is 1. The summed E-state index contributed by atoms with van der Waals surface area (Å²) >= 11 is 0. The van der Waals surface area contributed by atoms with Gasteiger partial charge in [0, 0.05) is 5.56 Å². The number of rotatable bonds is 3. The number of hydrogen-bond donors (Lipinski definition) is 1. The molecule has 0 aromatic heterocycles. The summed E-state index contributed by atoms with van der Waals surface area (Å²) in [6, 6.07) is 7.16. The maximum absolute atomic E-state index is 8.98. The molecule has 0 amide bonds. The highest BCUT2D eigenvalue weighted by Crippen LogP contribution is 2.23. The second kappa shape index (κ2) is 4.48. The van der Waals surface area contributed by atoms with Crippen LogP contribution in [0.15, 0.2) is 18.2 Å². The lowest BCUT2D eigenvalue weighted by atomic mass is 10.1. The van der Waals surface area contributed by atoms with E-state index in [-0.39, 0.29) is 6.61 Å². The van der Waals surface area contributed by atoms with E-state index in [0.717, 1.165) is 0 Å². The lowest BCUT2D eigenvalue weighted by Gasteiger charge is -2.09. The van der Waals surface area contributed by atoms with Crippen molar-refractivity contribution in [3.05, 3.63) is 29.3 Å². The third-order valence-corrected chi connectivity index (χ3v) is 1.68. The smallest absolute Gasteiger partial charge is 0.142 e. The van der Waals surface area contributed by atoms with Crippen LogP contribution in [-0.4, -0.2) is 11.7 Å².